The zero-order valence-corrected chi connectivity index (χ0v) is 14.8. The van der Waals surface area contributed by atoms with E-state index in [9.17, 15) is 9.59 Å². The van der Waals surface area contributed by atoms with Crippen molar-refractivity contribution in [2.24, 2.45) is 5.73 Å². The number of rotatable bonds is 8. The first-order chi connectivity index (χ1) is 11.5. The van der Waals surface area contributed by atoms with Crippen LogP contribution in [0.25, 0.3) is 5.52 Å². The molecule has 2 rings (SSSR count). The van der Waals surface area contributed by atoms with Crippen LogP contribution in [-0.2, 0) is 17.6 Å². The third-order valence-corrected chi connectivity index (χ3v) is 4.05. The number of ether oxygens (including phenoxy) is 1. The number of fused-ring (bicyclic) bond motifs is 1. The highest BCUT2D eigenvalue weighted by atomic mass is 16.5. The number of primary amides is 1. The van der Waals surface area contributed by atoms with Crippen molar-refractivity contribution in [1.29, 1.82) is 0 Å². The van der Waals surface area contributed by atoms with Crippen molar-refractivity contribution in [3.05, 3.63) is 28.6 Å². The summed E-state index contributed by atoms with van der Waals surface area (Å²) in [5, 5.41) is 4.55. The first-order valence-corrected chi connectivity index (χ1v) is 8.47. The van der Waals surface area contributed by atoms with Gasteiger partial charge < -0.3 is 10.5 Å². The van der Waals surface area contributed by atoms with Gasteiger partial charge in [0.05, 0.1) is 17.9 Å². The molecule has 0 saturated carbocycles. The fourth-order valence-corrected chi connectivity index (χ4v) is 3.06. The Morgan fingerprint density at radius 3 is 2.54 bits per heavy atom. The van der Waals surface area contributed by atoms with Gasteiger partial charge in [-0.15, -0.1) is 0 Å². The highest BCUT2D eigenvalue weighted by Crippen LogP contribution is 2.32. The van der Waals surface area contributed by atoms with Gasteiger partial charge >= 0.3 is 0 Å². The molecule has 0 aliphatic heterocycles. The van der Waals surface area contributed by atoms with Crippen LogP contribution < -0.4 is 10.5 Å². The third-order valence-electron chi connectivity index (χ3n) is 4.05. The summed E-state index contributed by atoms with van der Waals surface area (Å²) in [4.78, 5) is 24.1. The van der Waals surface area contributed by atoms with Crippen LogP contribution in [0.4, 0.5) is 0 Å². The number of nitrogens with zero attached hydrogens (tertiary/aromatic N) is 2. The number of nitrogens with two attached hydrogens (primary N) is 1. The standard InChI is InChI=1S/C18H25N3O3/c1-5-8-9-12-13(6-2)21-16(15(12)17(22)18(19)23)14(24-7-3)10-11(4)20-21/h10H,5-9H2,1-4H3,(H2,19,23). The largest absolute Gasteiger partial charge is 0.492 e. The second-order valence-corrected chi connectivity index (χ2v) is 5.79. The monoisotopic (exact) mass is 331 g/mol. The molecule has 2 N–H and O–H groups in total. The molecule has 0 aliphatic rings. The Kier molecular flexibility index (Phi) is 5.59. The normalized spacial score (nSPS) is 11.0. The quantitative estimate of drug-likeness (QED) is 0.595. The summed E-state index contributed by atoms with van der Waals surface area (Å²) in [5.74, 6) is -1.07. The van der Waals surface area contributed by atoms with Gasteiger partial charge in [-0.05, 0) is 38.7 Å². The molecule has 0 fully saturated rings. The smallest absolute Gasteiger partial charge is 0.289 e. The second kappa shape index (κ2) is 7.47. The van der Waals surface area contributed by atoms with Gasteiger partial charge in [-0.3, -0.25) is 9.59 Å². The van der Waals surface area contributed by atoms with Gasteiger partial charge in [-0.2, -0.15) is 5.10 Å². The van der Waals surface area contributed by atoms with Gasteiger partial charge in [-0.25, -0.2) is 4.52 Å². The lowest BCUT2D eigenvalue weighted by molar-refractivity contribution is -0.114. The molecule has 0 atom stereocenters. The van der Waals surface area contributed by atoms with Gasteiger partial charge in [0.1, 0.15) is 11.3 Å². The molecule has 0 saturated heterocycles. The molecule has 0 radical (unpaired) electrons. The maximum atomic E-state index is 12.5. The molecular formula is C18H25N3O3. The second-order valence-electron chi connectivity index (χ2n) is 5.79. The Bertz CT molecular complexity index is 778. The molecule has 0 aromatic carbocycles. The van der Waals surface area contributed by atoms with Gasteiger partial charge in [0.15, 0.2) is 0 Å². The molecule has 0 aliphatic carbocycles. The Labute approximate surface area is 142 Å². The fourth-order valence-electron chi connectivity index (χ4n) is 3.06. The van der Waals surface area contributed by atoms with Crippen molar-refractivity contribution in [1.82, 2.24) is 9.61 Å². The van der Waals surface area contributed by atoms with Crippen LogP contribution in [0.3, 0.4) is 0 Å². The minimum atomic E-state index is -0.953. The van der Waals surface area contributed by atoms with E-state index >= 15 is 0 Å². The number of aryl methyl sites for hydroxylation is 2. The predicted octanol–water partition coefficient (Wildman–Crippen LogP) is 2.61. The number of unbranched alkanes of at least 4 members (excludes halogenated alkanes) is 1. The molecule has 6 heteroatoms. The molecule has 130 valence electrons. The molecular weight excluding hydrogens is 306 g/mol. The van der Waals surface area contributed by atoms with Crippen molar-refractivity contribution in [2.45, 2.75) is 53.4 Å². The summed E-state index contributed by atoms with van der Waals surface area (Å²) in [5.41, 5.74) is 8.79. The number of hydrogen-bond donors (Lipinski definition) is 1. The minimum Gasteiger partial charge on any atom is -0.492 e. The average molecular weight is 331 g/mol. The van der Waals surface area contributed by atoms with Crippen LogP contribution in [0.1, 0.15) is 60.9 Å². The number of carbonyl (C=O) groups is 2. The Morgan fingerprint density at radius 1 is 1.29 bits per heavy atom. The zero-order chi connectivity index (χ0) is 17.9. The van der Waals surface area contributed by atoms with Gasteiger partial charge in [0.2, 0.25) is 0 Å². The van der Waals surface area contributed by atoms with E-state index in [1.165, 1.54) is 0 Å². The third kappa shape index (κ3) is 3.13. The van der Waals surface area contributed by atoms with Crippen molar-refractivity contribution in [2.75, 3.05) is 6.61 Å². The topological polar surface area (TPSA) is 86.7 Å². The fraction of sp³-hybridized carbons (Fsp3) is 0.500. The molecule has 0 unspecified atom stereocenters. The van der Waals surface area contributed by atoms with Crippen molar-refractivity contribution in [3.63, 3.8) is 0 Å². The lowest BCUT2D eigenvalue weighted by atomic mass is 9.98. The SMILES string of the molecule is CCCCc1c(C(=O)C(N)=O)c2c(OCC)cc(C)nn2c1CC. The Hall–Kier alpha value is -2.37. The van der Waals surface area contributed by atoms with E-state index in [2.05, 4.69) is 12.0 Å². The van der Waals surface area contributed by atoms with E-state index in [1.54, 1.807) is 10.6 Å². The lowest BCUT2D eigenvalue weighted by Gasteiger charge is -2.09. The van der Waals surface area contributed by atoms with Crippen LogP contribution in [0, 0.1) is 6.92 Å². The van der Waals surface area contributed by atoms with E-state index in [0.717, 1.165) is 29.8 Å². The first kappa shape index (κ1) is 18.0. The molecule has 24 heavy (non-hydrogen) atoms. The van der Waals surface area contributed by atoms with E-state index in [4.69, 9.17) is 10.5 Å². The van der Waals surface area contributed by atoms with Crippen molar-refractivity contribution >= 4 is 17.2 Å². The van der Waals surface area contributed by atoms with E-state index in [1.807, 2.05) is 20.8 Å². The van der Waals surface area contributed by atoms with Crippen molar-refractivity contribution in [3.8, 4) is 5.75 Å². The summed E-state index contributed by atoms with van der Waals surface area (Å²) in [6, 6.07) is 1.79. The van der Waals surface area contributed by atoms with Gasteiger partial charge in [0, 0.05) is 11.8 Å². The molecule has 0 bridgehead atoms. The highest BCUT2D eigenvalue weighted by Gasteiger charge is 2.28. The molecule has 0 spiro atoms. The van der Waals surface area contributed by atoms with Gasteiger partial charge in [-0.1, -0.05) is 20.3 Å². The Morgan fingerprint density at radius 2 is 2.00 bits per heavy atom. The first-order valence-electron chi connectivity index (χ1n) is 8.47. The van der Waals surface area contributed by atoms with Gasteiger partial charge in [0.25, 0.3) is 11.7 Å². The molecule has 2 heterocycles. The van der Waals surface area contributed by atoms with E-state index in [0.29, 0.717) is 36.3 Å². The number of ketones is 1. The van der Waals surface area contributed by atoms with E-state index < -0.39 is 11.7 Å². The number of hydrogen-bond acceptors (Lipinski definition) is 4. The molecule has 1 amide bonds. The maximum Gasteiger partial charge on any atom is 0.289 e. The average Bonchev–Trinajstić information content (AvgIpc) is 2.85. The summed E-state index contributed by atoms with van der Waals surface area (Å²) in [7, 11) is 0. The number of amides is 1. The lowest BCUT2D eigenvalue weighted by Crippen LogP contribution is -2.24. The summed E-state index contributed by atoms with van der Waals surface area (Å²) in [6.07, 6.45) is 3.33. The van der Waals surface area contributed by atoms with Crippen LogP contribution >= 0.6 is 0 Å². The molecule has 2 aromatic rings. The summed E-state index contributed by atoms with van der Waals surface area (Å²) in [6.45, 7) is 8.32. The number of Topliss-reactive ketones (excluding diaryl/α,β-unsaturated/α-hetero) is 1. The van der Waals surface area contributed by atoms with Crippen LogP contribution in [0.15, 0.2) is 6.07 Å². The summed E-state index contributed by atoms with van der Waals surface area (Å²) >= 11 is 0. The maximum absolute atomic E-state index is 12.5. The zero-order valence-electron chi connectivity index (χ0n) is 14.8. The predicted molar refractivity (Wildman–Crippen MR) is 92.6 cm³/mol. The highest BCUT2D eigenvalue weighted by molar-refractivity contribution is 6.44. The van der Waals surface area contributed by atoms with Crippen LogP contribution in [0.5, 0.6) is 5.75 Å². The molecule has 2 aromatic heterocycles. The number of aromatic nitrogens is 2. The molecule has 6 nitrogen and oxygen atoms in total. The number of carbonyl (C=O) groups excluding carboxylic acids is 2. The Balaban J connectivity index is 2.89. The summed E-state index contributed by atoms with van der Waals surface area (Å²) < 4.78 is 7.47. The van der Waals surface area contributed by atoms with E-state index in [-0.39, 0.29) is 0 Å². The van der Waals surface area contributed by atoms with Crippen molar-refractivity contribution < 1.29 is 14.3 Å². The van der Waals surface area contributed by atoms with Crippen LogP contribution in [-0.4, -0.2) is 27.9 Å². The van der Waals surface area contributed by atoms with Crippen LogP contribution in [0.2, 0.25) is 0 Å². The minimum absolute atomic E-state index is 0.351.